The van der Waals surface area contributed by atoms with Gasteiger partial charge in [-0.05, 0) is 34.3 Å². The van der Waals surface area contributed by atoms with Crippen LogP contribution in [0.3, 0.4) is 0 Å². The van der Waals surface area contributed by atoms with Gasteiger partial charge >= 0.3 is 0 Å². The fourth-order valence-electron chi connectivity index (χ4n) is 1.03. The predicted molar refractivity (Wildman–Crippen MR) is 60.9 cm³/mol. The van der Waals surface area contributed by atoms with Crippen molar-refractivity contribution < 1.29 is 9.18 Å². The van der Waals surface area contributed by atoms with Crippen LogP contribution in [0.1, 0.15) is 10.4 Å². The van der Waals surface area contributed by atoms with Crippen molar-refractivity contribution >= 4 is 45.1 Å². The summed E-state index contributed by atoms with van der Waals surface area (Å²) >= 11 is 9.75. The van der Waals surface area contributed by atoms with Crippen LogP contribution in [0, 0.1) is 5.82 Å². The molecule has 0 aliphatic rings. The minimum absolute atomic E-state index is 0.0712. The molecule has 0 amide bonds. The first-order chi connectivity index (χ1) is 6.61. The van der Waals surface area contributed by atoms with Gasteiger partial charge in [0.15, 0.2) is 5.78 Å². The Morgan fingerprint density at radius 2 is 2.29 bits per heavy atom. The molecule has 1 aromatic carbocycles. The highest BCUT2D eigenvalue weighted by atomic mass is 79.9. The second-order valence-electron chi connectivity index (χ2n) is 2.50. The van der Waals surface area contributed by atoms with Gasteiger partial charge in [-0.15, -0.1) is 23.4 Å². The molecule has 5 heteroatoms. The Kier molecular flexibility index (Phi) is 4.41. The van der Waals surface area contributed by atoms with Gasteiger partial charge < -0.3 is 0 Å². The van der Waals surface area contributed by atoms with E-state index in [0.717, 1.165) is 0 Å². The molecule has 0 unspecified atom stereocenters. The summed E-state index contributed by atoms with van der Waals surface area (Å²) < 4.78 is 13.8. The van der Waals surface area contributed by atoms with E-state index < -0.39 is 11.6 Å². The zero-order chi connectivity index (χ0) is 10.7. The fraction of sp³-hybridized carbons (Fsp3) is 0.222. The first-order valence-electron chi connectivity index (χ1n) is 3.73. The number of hydrogen-bond acceptors (Lipinski definition) is 2. The van der Waals surface area contributed by atoms with Crippen LogP contribution in [0.15, 0.2) is 21.5 Å². The van der Waals surface area contributed by atoms with E-state index in [1.807, 2.05) is 0 Å². The first-order valence-corrected chi connectivity index (χ1v) is 6.28. The standard InChI is InChI=1S/C9H7BrClFOS/c1-14-7-3-2-5(10)9(12)8(7)6(13)4-11/h2-3H,4H2,1H3. The zero-order valence-electron chi connectivity index (χ0n) is 7.31. The molecule has 0 radical (unpaired) electrons. The molecular formula is C9H7BrClFOS. The van der Waals surface area contributed by atoms with E-state index in [4.69, 9.17) is 11.6 Å². The Morgan fingerprint density at radius 1 is 1.64 bits per heavy atom. The summed E-state index contributed by atoms with van der Waals surface area (Å²) in [5, 5.41) is 0. The SMILES string of the molecule is CSc1ccc(Br)c(F)c1C(=O)CCl. The number of benzene rings is 1. The third kappa shape index (κ3) is 2.30. The van der Waals surface area contributed by atoms with Gasteiger partial charge in [0.25, 0.3) is 0 Å². The highest BCUT2D eigenvalue weighted by molar-refractivity contribution is 9.10. The van der Waals surface area contributed by atoms with E-state index in [9.17, 15) is 9.18 Å². The van der Waals surface area contributed by atoms with E-state index in [2.05, 4.69) is 15.9 Å². The minimum Gasteiger partial charge on any atom is -0.293 e. The molecule has 0 aromatic heterocycles. The van der Waals surface area contributed by atoms with Gasteiger partial charge in [-0.2, -0.15) is 0 Å². The topological polar surface area (TPSA) is 17.1 Å². The van der Waals surface area contributed by atoms with Crippen LogP contribution in [-0.4, -0.2) is 17.9 Å². The van der Waals surface area contributed by atoms with Crippen molar-refractivity contribution in [3.8, 4) is 0 Å². The van der Waals surface area contributed by atoms with Crippen LogP contribution in [-0.2, 0) is 0 Å². The number of thioether (sulfide) groups is 1. The van der Waals surface area contributed by atoms with E-state index in [0.29, 0.717) is 4.90 Å². The summed E-state index contributed by atoms with van der Waals surface area (Å²) in [4.78, 5) is 12.0. The van der Waals surface area contributed by atoms with Gasteiger partial charge in [0, 0.05) is 4.90 Å². The average Bonchev–Trinajstić information content (AvgIpc) is 2.20. The van der Waals surface area contributed by atoms with Crippen molar-refractivity contribution in [2.45, 2.75) is 4.90 Å². The monoisotopic (exact) mass is 296 g/mol. The van der Waals surface area contributed by atoms with Crippen molar-refractivity contribution in [1.29, 1.82) is 0 Å². The third-order valence-corrected chi connectivity index (χ3v) is 3.31. The molecule has 0 atom stereocenters. The zero-order valence-corrected chi connectivity index (χ0v) is 10.5. The van der Waals surface area contributed by atoms with Crippen LogP contribution in [0.5, 0.6) is 0 Å². The number of alkyl halides is 1. The van der Waals surface area contributed by atoms with Crippen LogP contribution >= 0.6 is 39.3 Å². The molecule has 14 heavy (non-hydrogen) atoms. The Bertz CT molecular complexity index is 370. The summed E-state index contributed by atoms with van der Waals surface area (Å²) in [5.74, 6) is -1.14. The summed E-state index contributed by atoms with van der Waals surface area (Å²) in [6.07, 6.45) is 1.79. The summed E-state index contributed by atoms with van der Waals surface area (Å²) in [6, 6.07) is 3.27. The molecule has 0 fully saturated rings. The van der Waals surface area contributed by atoms with Gasteiger partial charge in [-0.25, -0.2) is 4.39 Å². The average molecular weight is 298 g/mol. The molecule has 76 valence electrons. The lowest BCUT2D eigenvalue weighted by Gasteiger charge is -2.07. The molecule has 0 saturated carbocycles. The van der Waals surface area contributed by atoms with E-state index in [-0.39, 0.29) is 15.9 Å². The number of ketones is 1. The van der Waals surface area contributed by atoms with Crippen LogP contribution < -0.4 is 0 Å². The Labute approximate surface area is 99.1 Å². The highest BCUT2D eigenvalue weighted by Gasteiger charge is 2.17. The maximum Gasteiger partial charge on any atom is 0.181 e. The van der Waals surface area contributed by atoms with Gasteiger partial charge in [0.1, 0.15) is 5.82 Å². The van der Waals surface area contributed by atoms with Crippen LogP contribution in [0.25, 0.3) is 0 Å². The minimum atomic E-state index is -0.539. The van der Waals surface area contributed by atoms with Crippen LogP contribution in [0.4, 0.5) is 4.39 Å². The van der Waals surface area contributed by atoms with E-state index >= 15 is 0 Å². The number of hydrogen-bond donors (Lipinski definition) is 0. The van der Waals surface area contributed by atoms with Crippen LogP contribution in [0.2, 0.25) is 0 Å². The number of Topliss-reactive ketones (excluding diaryl/α,β-unsaturated/α-hetero) is 1. The summed E-state index contributed by atoms with van der Waals surface area (Å²) in [5.41, 5.74) is 0.0712. The van der Waals surface area contributed by atoms with Crippen molar-refractivity contribution in [2.24, 2.45) is 0 Å². The largest absolute Gasteiger partial charge is 0.293 e. The quantitative estimate of drug-likeness (QED) is 0.480. The van der Waals surface area contributed by atoms with Crippen molar-refractivity contribution in [3.63, 3.8) is 0 Å². The number of carbonyl (C=O) groups excluding carboxylic acids is 1. The number of carbonyl (C=O) groups is 1. The molecule has 0 bridgehead atoms. The molecule has 1 aromatic rings. The van der Waals surface area contributed by atoms with Crippen molar-refractivity contribution in [3.05, 3.63) is 28.0 Å². The molecule has 1 nitrogen and oxygen atoms in total. The van der Waals surface area contributed by atoms with Crippen molar-refractivity contribution in [2.75, 3.05) is 12.1 Å². The third-order valence-electron chi connectivity index (χ3n) is 1.68. The van der Waals surface area contributed by atoms with Crippen molar-refractivity contribution in [1.82, 2.24) is 0 Å². The first kappa shape index (κ1) is 12.0. The molecule has 0 aliphatic carbocycles. The summed E-state index contributed by atoms with van der Waals surface area (Å²) in [6.45, 7) is 0. The fourth-order valence-corrected chi connectivity index (χ4v) is 2.11. The number of halogens is 3. The maximum absolute atomic E-state index is 13.5. The molecule has 0 heterocycles. The molecule has 0 saturated heterocycles. The molecule has 0 spiro atoms. The Morgan fingerprint density at radius 3 is 2.79 bits per heavy atom. The van der Waals surface area contributed by atoms with Gasteiger partial charge in [0.05, 0.1) is 15.9 Å². The highest BCUT2D eigenvalue weighted by Crippen LogP contribution is 2.28. The smallest absolute Gasteiger partial charge is 0.181 e. The van der Waals surface area contributed by atoms with Gasteiger partial charge in [0.2, 0.25) is 0 Å². The Balaban J connectivity index is 3.35. The van der Waals surface area contributed by atoms with E-state index in [1.165, 1.54) is 11.8 Å². The molecule has 1 rings (SSSR count). The summed E-state index contributed by atoms with van der Waals surface area (Å²) in [7, 11) is 0. The molecule has 0 N–H and O–H groups in total. The molecule has 0 aliphatic heterocycles. The lowest BCUT2D eigenvalue weighted by atomic mass is 10.1. The lowest BCUT2D eigenvalue weighted by Crippen LogP contribution is -2.06. The normalized spacial score (nSPS) is 10.3. The van der Waals surface area contributed by atoms with E-state index in [1.54, 1.807) is 18.4 Å². The second kappa shape index (κ2) is 5.14. The number of rotatable bonds is 3. The molecular weight excluding hydrogens is 291 g/mol. The maximum atomic E-state index is 13.5. The second-order valence-corrected chi connectivity index (χ2v) is 4.47. The van der Waals surface area contributed by atoms with Gasteiger partial charge in [-0.1, -0.05) is 0 Å². The van der Waals surface area contributed by atoms with Gasteiger partial charge in [-0.3, -0.25) is 4.79 Å². The lowest BCUT2D eigenvalue weighted by molar-refractivity contribution is 0.101. The Hall–Kier alpha value is -0.0600. The predicted octanol–water partition coefficient (Wildman–Crippen LogP) is 3.73.